The Kier molecular flexibility index (Phi) is 11.0. The fraction of sp³-hybridized carbons (Fsp3) is 0.476. The van der Waals surface area contributed by atoms with Crippen molar-refractivity contribution in [1.29, 1.82) is 0 Å². The molecule has 33 heavy (non-hydrogen) atoms. The number of nitrogens with zero attached hydrogens (tertiary/aromatic N) is 2. The highest BCUT2D eigenvalue weighted by atomic mass is 31.2. The summed E-state index contributed by atoms with van der Waals surface area (Å²) in [7, 11) is -0.333. The fourth-order valence-electron chi connectivity index (χ4n) is 2.79. The number of aromatic nitrogens is 2. The first-order valence-electron chi connectivity index (χ1n) is 10.6. The lowest BCUT2D eigenvalue weighted by Gasteiger charge is -2.20. The largest absolute Gasteiger partial charge is 0.493 e. The molecule has 1 aliphatic rings. The summed E-state index contributed by atoms with van der Waals surface area (Å²) in [6.45, 7) is 4.38. The molecule has 0 saturated carbocycles. The number of imidazole rings is 1. The Morgan fingerprint density at radius 3 is 2.61 bits per heavy atom. The molecule has 1 fully saturated rings. The normalized spacial score (nSPS) is 18.2. The molecule has 1 aromatic carbocycles. The van der Waals surface area contributed by atoms with Crippen LogP contribution in [0.5, 0.6) is 11.6 Å². The maximum absolute atomic E-state index is 11.4. The molecule has 1 aromatic heterocycles. The van der Waals surface area contributed by atoms with Gasteiger partial charge in [-0.25, -0.2) is 10.1 Å². The maximum atomic E-state index is 11.4. The third-order valence-electron chi connectivity index (χ3n) is 4.29. The number of nitrogens with one attached hydrogen (secondary N) is 1. The molecule has 1 saturated heterocycles. The van der Waals surface area contributed by atoms with Gasteiger partial charge in [-0.1, -0.05) is 38.5 Å². The van der Waals surface area contributed by atoms with E-state index in [1.54, 1.807) is 12.1 Å². The molecule has 182 valence electrons. The Hall–Kier alpha value is -2.72. The Labute approximate surface area is 194 Å². The van der Waals surface area contributed by atoms with E-state index >= 15 is 0 Å². The SMILES string of the molecule is CCC.COC(=O)CNP(OCC1CCC(n2cnc(C(N)=O)c2O)O1)Oc1ccccc1. The third-order valence-corrected chi connectivity index (χ3v) is 5.46. The van der Waals surface area contributed by atoms with Gasteiger partial charge in [-0.15, -0.1) is 0 Å². The quantitative estimate of drug-likeness (QED) is 0.343. The molecule has 3 unspecified atom stereocenters. The molecular weight excluding hydrogens is 451 g/mol. The number of hydrogen-bond acceptors (Lipinski definition) is 9. The number of methoxy groups -OCH3 is 1. The summed E-state index contributed by atoms with van der Waals surface area (Å²) in [5.74, 6) is -0.998. The van der Waals surface area contributed by atoms with Crippen molar-refractivity contribution in [3.63, 3.8) is 0 Å². The van der Waals surface area contributed by atoms with E-state index in [9.17, 15) is 14.7 Å². The van der Waals surface area contributed by atoms with Gasteiger partial charge in [0.15, 0.2) is 5.69 Å². The van der Waals surface area contributed by atoms with E-state index in [1.807, 2.05) is 18.2 Å². The summed E-state index contributed by atoms with van der Waals surface area (Å²) in [5.41, 5.74) is 4.97. The highest BCUT2D eigenvalue weighted by Crippen LogP contribution is 2.38. The van der Waals surface area contributed by atoms with Crippen LogP contribution in [-0.4, -0.2) is 52.9 Å². The van der Waals surface area contributed by atoms with Crippen LogP contribution in [0.1, 0.15) is 49.8 Å². The van der Waals surface area contributed by atoms with E-state index in [0.29, 0.717) is 18.6 Å². The molecule has 2 heterocycles. The molecule has 3 atom stereocenters. The highest BCUT2D eigenvalue weighted by Gasteiger charge is 2.31. The zero-order valence-electron chi connectivity index (χ0n) is 19.0. The molecule has 0 radical (unpaired) electrons. The van der Waals surface area contributed by atoms with E-state index in [-0.39, 0.29) is 30.8 Å². The zero-order valence-corrected chi connectivity index (χ0v) is 19.9. The predicted octanol–water partition coefficient (Wildman–Crippen LogP) is 2.87. The van der Waals surface area contributed by atoms with Crippen molar-refractivity contribution in [3.05, 3.63) is 42.4 Å². The molecule has 1 aliphatic heterocycles. The second-order valence-electron chi connectivity index (χ2n) is 7.05. The minimum atomic E-state index is -1.63. The lowest BCUT2D eigenvalue weighted by molar-refractivity contribution is -0.139. The van der Waals surface area contributed by atoms with Crippen molar-refractivity contribution in [2.45, 2.75) is 45.4 Å². The van der Waals surface area contributed by atoms with Gasteiger partial charge in [-0.2, -0.15) is 0 Å². The Balaban J connectivity index is 0.00000122. The van der Waals surface area contributed by atoms with Crippen LogP contribution >= 0.6 is 8.53 Å². The minimum absolute atomic E-state index is 0.0675. The van der Waals surface area contributed by atoms with Gasteiger partial charge in [-0.3, -0.25) is 14.2 Å². The molecule has 0 bridgehead atoms. The van der Waals surface area contributed by atoms with Gasteiger partial charge < -0.3 is 29.4 Å². The lowest BCUT2D eigenvalue weighted by atomic mass is 10.2. The van der Waals surface area contributed by atoms with Crippen molar-refractivity contribution < 1.29 is 33.2 Å². The Bertz CT molecular complexity index is 881. The summed E-state index contributed by atoms with van der Waals surface area (Å²) in [6.07, 6.45) is 3.02. The van der Waals surface area contributed by atoms with Crippen LogP contribution in [0.4, 0.5) is 0 Å². The number of primary amides is 1. The van der Waals surface area contributed by atoms with Gasteiger partial charge in [0, 0.05) is 0 Å². The molecule has 0 aliphatic carbocycles. The van der Waals surface area contributed by atoms with Gasteiger partial charge in [0.05, 0.1) is 19.8 Å². The number of ether oxygens (including phenoxy) is 2. The van der Waals surface area contributed by atoms with Gasteiger partial charge >= 0.3 is 14.5 Å². The molecule has 4 N–H and O–H groups in total. The second kappa shape index (κ2) is 13.7. The lowest BCUT2D eigenvalue weighted by Crippen LogP contribution is -2.24. The first-order valence-corrected chi connectivity index (χ1v) is 11.7. The van der Waals surface area contributed by atoms with E-state index in [4.69, 9.17) is 19.5 Å². The monoisotopic (exact) mass is 482 g/mol. The summed E-state index contributed by atoms with van der Waals surface area (Å²) in [6, 6.07) is 9.06. The molecule has 0 spiro atoms. The summed E-state index contributed by atoms with van der Waals surface area (Å²) in [5, 5.41) is 13.0. The number of hydrogen-bond donors (Lipinski definition) is 3. The van der Waals surface area contributed by atoms with Crippen LogP contribution in [0.3, 0.4) is 0 Å². The van der Waals surface area contributed by atoms with E-state index < -0.39 is 26.6 Å². The van der Waals surface area contributed by atoms with Crippen LogP contribution in [0, 0.1) is 0 Å². The third kappa shape index (κ3) is 8.29. The number of carbonyl (C=O) groups excluding carboxylic acids is 2. The molecule has 3 rings (SSSR count). The summed E-state index contributed by atoms with van der Waals surface area (Å²) >= 11 is 0. The van der Waals surface area contributed by atoms with Crippen LogP contribution in [0.25, 0.3) is 0 Å². The number of carbonyl (C=O) groups is 2. The number of benzene rings is 1. The number of rotatable bonds is 10. The standard InChI is InChI=1S/C18H23N4O7P.C3H8/c1-26-15(23)9-21-30(29-12-5-3-2-4-6-12)27-10-13-7-8-14(28-13)22-11-20-16(17(19)24)18(22)25;1-3-2/h2-6,11,13-14,21,25H,7-10H2,1H3,(H2,19,24);3H2,1-2H3. The Morgan fingerprint density at radius 1 is 1.30 bits per heavy atom. The first kappa shape index (κ1) is 26.5. The topological polar surface area (TPSA) is 147 Å². The van der Waals surface area contributed by atoms with Crippen molar-refractivity contribution in [1.82, 2.24) is 14.6 Å². The Morgan fingerprint density at radius 2 is 2.00 bits per heavy atom. The van der Waals surface area contributed by atoms with Crippen molar-refractivity contribution in [3.8, 4) is 11.6 Å². The van der Waals surface area contributed by atoms with Crippen molar-refractivity contribution in [2.75, 3.05) is 20.3 Å². The zero-order chi connectivity index (χ0) is 24.2. The molecule has 1 amide bonds. The number of aromatic hydroxyl groups is 1. The predicted molar refractivity (Wildman–Crippen MR) is 121 cm³/mol. The van der Waals surface area contributed by atoms with Gasteiger partial charge in [-0.05, 0) is 25.0 Å². The summed E-state index contributed by atoms with van der Waals surface area (Å²) < 4.78 is 23.5. The molecule has 11 nitrogen and oxygen atoms in total. The maximum Gasteiger partial charge on any atom is 0.320 e. The average Bonchev–Trinajstić information content (AvgIpc) is 3.43. The van der Waals surface area contributed by atoms with E-state index in [1.165, 1.54) is 24.4 Å². The van der Waals surface area contributed by atoms with Gasteiger partial charge in [0.1, 0.15) is 24.8 Å². The van der Waals surface area contributed by atoms with Crippen LogP contribution in [0.2, 0.25) is 0 Å². The van der Waals surface area contributed by atoms with E-state index in [0.717, 1.165) is 0 Å². The number of para-hydroxylation sites is 1. The first-order chi connectivity index (χ1) is 15.9. The second-order valence-corrected chi connectivity index (χ2v) is 8.32. The molecular formula is C21H31N4O7P. The van der Waals surface area contributed by atoms with Crippen LogP contribution in [0.15, 0.2) is 36.7 Å². The van der Waals surface area contributed by atoms with E-state index in [2.05, 4.69) is 28.7 Å². The van der Waals surface area contributed by atoms with Crippen molar-refractivity contribution in [2.24, 2.45) is 5.73 Å². The highest BCUT2D eigenvalue weighted by molar-refractivity contribution is 7.45. The van der Waals surface area contributed by atoms with Crippen LogP contribution < -0.4 is 15.3 Å². The smallest absolute Gasteiger partial charge is 0.320 e. The minimum Gasteiger partial charge on any atom is -0.493 e. The number of nitrogens with two attached hydrogens (primary N) is 1. The fourth-order valence-corrected chi connectivity index (χ4v) is 3.87. The number of esters is 1. The average molecular weight is 482 g/mol. The van der Waals surface area contributed by atoms with Gasteiger partial charge in [0.25, 0.3) is 5.91 Å². The molecule has 12 heteroatoms. The summed E-state index contributed by atoms with van der Waals surface area (Å²) in [4.78, 5) is 26.5. The van der Waals surface area contributed by atoms with Crippen molar-refractivity contribution >= 4 is 20.4 Å². The van der Waals surface area contributed by atoms with Crippen LogP contribution in [-0.2, 0) is 18.8 Å². The van der Waals surface area contributed by atoms with Gasteiger partial charge in [0.2, 0.25) is 5.88 Å². The number of amides is 1. The molecule has 2 aromatic rings.